The molecule has 2 N–H and O–H groups in total. The Labute approximate surface area is 77.7 Å². The largest absolute Gasteiger partial charge is 0.397 e. The summed E-state index contributed by atoms with van der Waals surface area (Å²) in [6.45, 7) is 6.00. The number of para-hydroxylation sites is 1. The third-order valence-corrected chi connectivity index (χ3v) is 1.61. The predicted molar refractivity (Wildman–Crippen MR) is 57.4 cm³/mol. The fourth-order valence-corrected chi connectivity index (χ4v) is 1.09. The Kier molecular flexibility index (Phi) is 3.03. The molecule has 0 aliphatic carbocycles. The molecule has 0 spiro atoms. The number of anilines is 1. The fraction of sp³-hybridized carbons (Fsp3) is 0. The molecule has 66 valence electrons. The van der Waals surface area contributed by atoms with Gasteiger partial charge in [-0.15, -0.1) is 13.2 Å². The second-order valence-corrected chi connectivity index (χ2v) is 2.46. The number of nitrogen functional groups attached to an aromatic ring is 1. The Morgan fingerprint density at radius 3 is 2.62 bits per heavy atom. The van der Waals surface area contributed by atoms with Crippen molar-refractivity contribution in [2.75, 3.05) is 5.73 Å². The van der Waals surface area contributed by atoms with E-state index in [4.69, 9.17) is 5.73 Å². The van der Waals surface area contributed by atoms with Gasteiger partial charge in [0.25, 0.3) is 0 Å². The van der Waals surface area contributed by atoms with Crippen LogP contribution in [-0.4, -0.2) is 4.98 Å². The van der Waals surface area contributed by atoms with Gasteiger partial charge in [0.15, 0.2) is 0 Å². The summed E-state index contributed by atoms with van der Waals surface area (Å²) in [7, 11) is 0. The number of nitrogens with zero attached hydrogens (tertiary/aromatic N) is 1. The van der Waals surface area contributed by atoms with E-state index in [2.05, 4.69) is 18.1 Å². The van der Waals surface area contributed by atoms with E-state index in [-0.39, 0.29) is 0 Å². The lowest BCUT2D eigenvalue weighted by atomic mass is 10.2. The summed E-state index contributed by atoms with van der Waals surface area (Å²) in [5.41, 5.74) is 7.26. The SMILES string of the molecule is C=C.Nc1cnc2ccccc2c1. The highest BCUT2D eigenvalue weighted by Gasteiger charge is 1.91. The summed E-state index contributed by atoms with van der Waals surface area (Å²) in [6, 6.07) is 9.82. The van der Waals surface area contributed by atoms with Gasteiger partial charge < -0.3 is 5.73 Å². The van der Waals surface area contributed by atoms with Gasteiger partial charge in [-0.3, -0.25) is 4.98 Å². The van der Waals surface area contributed by atoms with E-state index in [1.807, 2.05) is 30.3 Å². The number of nitrogens with two attached hydrogens (primary N) is 1. The van der Waals surface area contributed by atoms with Crippen molar-refractivity contribution in [3.05, 3.63) is 49.7 Å². The van der Waals surface area contributed by atoms with Gasteiger partial charge >= 0.3 is 0 Å². The first kappa shape index (κ1) is 9.26. The number of aromatic nitrogens is 1. The lowest BCUT2D eigenvalue weighted by Crippen LogP contribution is -1.85. The van der Waals surface area contributed by atoms with Crippen molar-refractivity contribution < 1.29 is 0 Å². The van der Waals surface area contributed by atoms with Crippen LogP contribution in [0.4, 0.5) is 5.69 Å². The lowest BCUT2D eigenvalue weighted by Gasteiger charge is -1.95. The van der Waals surface area contributed by atoms with E-state index < -0.39 is 0 Å². The normalized spacial score (nSPS) is 8.92. The van der Waals surface area contributed by atoms with Crippen LogP contribution in [0.15, 0.2) is 49.7 Å². The van der Waals surface area contributed by atoms with Crippen molar-refractivity contribution in [1.29, 1.82) is 0 Å². The van der Waals surface area contributed by atoms with Gasteiger partial charge in [-0.1, -0.05) is 18.2 Å². The van der Waals surface area contributed by atoms with Crippen molar-refractivity contribution in [3.8, 4) is 0 Å². The molecule has 0 saturated carbocycles. The monoisotopic (exact) mass is 172 g/mol. The van der Waals surface area contributed by atoms with Crippen LogP contribution in [0.25, 0.3) is 10.9 Å². The van der Waals surface area contributed by atoms with Gasteiger partial charge in [-0.2, -0.15) is 0 Å². The van der Waals surface area contributed by atoms with Crippen LogP contribution in [0.2, 0.25) is 0 Å². The predicted octanol–water partition coefficient (Wildman–Crippen LogP) is 2.62. The maximum absolute atomic E-state index is 5.56. The Morgan fingerprint density at radius 1 is 1.15 bits per heavy atom. The standard InChI is InChI=1S/C9H8N2.C2H4/c10-8-5-7-3-1-2-4-9(7)11-6-8;1-2/h1-6H,10H2;1-2H2. The molecular weight excluding hydrogens is 160 g/mol. The van der Waals surface area contributed by atoms with Crippen LogP contribution in [-0.2, 0) is 0 Å². The van der Waals surface area contributed by atoms with Crippen LogP contribution >= 0.6 is 0 Å². The maximum atomic E-state index is 5.56. The molecule has 0 unspecified atom stereocenters. The van der Waals surface area contributed by atoms with Crippen LogP contribution in [0.5, 0.6) is 0 Å². The number of fused-ring (bicyclic) bond motifs is 1. The average molecular weight is 172 g/mol. The highest BCUT2D eigenvalue weighted by Crippen LogP contribution is 2.12. The second-order valence-electron chi connectivity index (χ2n) is 2.46. The summed E-state index contributed by atoms with van der Waals surface area (Å²) in [5.74, 6) is 0. The molecule has 0 aliphatic rings. The molecule has 1 heterocycles. The molecule has 2 aromatic rings. The Bertz CT molecular complexity index is 396. The molecule has 0 fully saturated rings. The smallest absolute Gasteiger partial charge is 0.0703 e. The zero-order valence-corrected chi connectivity index (χ0v) is 7.40. The van der Waals surface area contributed by atoms with E-state index in [0.29, 0.717) is 5.69 Å². The molecule has 1 aromatic heterocycles. The molecular formula is C11H12N2. The van der Waals surface area contributed by atoms with E-state index in [9.17, 15) is 0 Å². The average Bonchev–Trinajstić information content (AvgIpc) is 2.21. The minimum absolute atomic E-state index is 0.712. The molecule has 0 saturated heterocycles. The topological polar surface area (TPSA) is 38.9 Å². The van der Waals surface area contributed by atoms with Gasteiger partial charge in [0.1, 0.15) is 0 Å². The van der Waals surface area contributed by atoms with Crippen molar-refractivity contribution in [2.45, 2.75) is 0 Å². The van der Waals surface area contributed by atoms with Crippen LogP contribution < -0.4 is 5.73 Å². The van der Waals surface area contributed by atoms with E-state index in [1.54, 1.807) is 6.20 Å². The highest BCUT2D eigenvalue weighted by atomic mass is 14.7. The Hall–Kier alpha value is -1.83. The minimum atomic E-state index is 0.712. The van der Waals surface area contributed by atoms with E-state index >= 15 is 0 Å². The molecule has 2 rings (SSSR count). The molecule has 0 bridgehead atoms. The minimum Gasteiger partial charge on any atom is -0.397 e. The second kappa shape index (κ2) is 4.26. The van der Waals surface area contributed by atoms with Gasteiger partial charge in [0.05, 0.1) is 17.4 Å². The van der Waals surface area contributed by atoms with Crippen molar-refractivity contribution >= 4 is 16.6 Å². The molecule has 0 aliphatic heterocycles. The van der Waals surface area contributed by atoms with Gasteiger partial charge in [-0.05, 0) is 12.1 Å². The Balaban J connectivity index is 0.000000396. The van der Waals surface area contributed by atoms with E-state index in [0.717, 1.165) is 10.9 Å². The summed E-state index contributed by atoms with van der Waals surface area (Å²) in [4.78, 5) is 4.16. The zero-order valence-electron chi connectivity index (χ0n) is 7.40. The third-order valence-electron chi connectivity index (χ3n) is 1.61. The van der Waals surface area contributed by atoms with Crippen molar-refractivity contribution in [2.24, 2.45) is 0 Å². The summed E-state index contributed by atoms with van der Waals surface area (Å²) >= 11 is 0. The van der Waals surface area contributed by atoms with Gasteiger partial charge in [0.2, 0.25) is 0 Å². The first-order valence-corrected chi connectivity index (χ1v) is 3.96. The summed E-state index contributed by atoms with van der Waals surface area (Å²) in [5, 5.41) is 1.09. The number of rotatable bonds is 0. The molecule has 2 nitrogen and oxygen atoms in total. The first-order valence-electron chi connectivity index (χ1n) is 3.96. The molecule has 0 radical (unpaired) electrons. The zero-order chi connectivity index (χ0) is 9.68. The quantitative estimate of drug-likeness (QED) is 0.620. The van der Waals surface area contributed by atoms with Crippen molar-refractivity contribution in [1.82, 2.24) is 4.98 Å². The maximum Gasteiger partial charge on any atom is 0.0703 e. The third kappa shape index (κ3) is 2.06. The highest BCUT2D eigenvalue weighted by molar-refractivity contribution is 5.80. The summed E-state index contributed by atoms with van der Waals surface area (Å²) in [6.07, 6.45) is 1.67. The molecule has 0 amide bonds. The first-order chi connectivity index (χ1) is 6.36. The van der Waals surface area contributed by atoms with E-state index in [1.165, 1.54) is 0 Å². The summed E-state index contributed by atoms with van der Waals surface area (Å²) < 4.78 is 0. The number of pyridine rings is 1. The number of benzene rings is 1. The van der Waals surface area contributed by atoms with Crippen LogP contribution in [0.3, 0.4) is 0 Å². The molecule has 2 heteroatoms. The fourth-order valence-electron chi connectivity index (χ4n) is 1.09. The molecule has 0 atom stereocenters. The number of hydrogen-bond acceptors (Lipinski definition) is 2. The Morgan fingerprint density at radius 2 is 1.85 bits per heavy atom. The molecule has 13 heavy (non-hydrogen) atoms. The van der Waals surface area contributed by atoms with Crippen LogP contribution in [0.1, 0.15) is 0 Å². The van der Waals surface area contributed by atoms with Gasteiger partial charge in [-0.25, -0.2) is 0 Å². The van der Waals surface area contributed by atoms with Crippen LogP contribution in [0, 0.1) is 0 Å². The molecule has 1 aromatic carbocycles. The number of hydrogen-bond donors (Lipinski definition) is 1. The van der Waals surface area contributed by atoms with Gasteiger partial charge in [0, 0.05) is 5.39 Å². The van der Waals surface area contributed by atoms with Crippen molar-refractivity contribution in [3.63, 3.8) is 0 Å². The lowest BCUT2D eigenvalue weighted by molar-refractivity contribution is 1.41.